The third-order valence-corrected chi connectivity index (χ3v) is 3.05. The first-order valence-electron chi connectivity index (χ1n) is 4.38. The van der Waals surface area contributed by atoms with Gasteiger partial charge in [-0.25, -0.2) is 4.57 Å². The lowest BCUT2D eigenvalue weighted by Gasteiger charge is -2.14. The number of ether oxygens (including phenoxy) is 1. The summed E-state index contributed by atoms with van der Waals surface area (Å²) >= 11 is 0. The Labute approximate surface area is 99.3 Å². The van der Waals surface area contributed by atoms with Gasteiger partial charge in [0.2, 0.25) is 0 Å². The van der Waals surface area contributed by atoms with Gasteiger partial charge in [-0.3, -0.25) is 9.05 Å². The van der Waals surface area contributed by atoms with Crippen LogP contribution in [0.1, 0.15) is 0 Å². The molecular weight excluding hydrogens is 247 g/mol. The SMILES string of the molecule is COc1ccc(OP(=O)(OC)OC)cc1.N#N. The summed E-state index contributed by atoms with van der Waals surface area (Å²) in [4.78, 5) is 0. The van der Waals surface area contributed by atoms with Crippen LogP contribution in [0.4, 0.5) is 0 Å². The Morgan fingerprint density at radius 2 is 1.35 bits per heavy atom. The molecule has 0 unspecified atom stereocenters. The van der Waals surface area contributed by atoms with Crippen LogP contribution >= 0.6 is 7.82 Å². The van der Waals surface area contributed by atoms with Gasteiger partial charge in [0.25, 0.3) is 0 Å². The van der Waals surface area contributed by atoms with Crippen LogP contribution in [0.5, 0.6) is 11.5 Å². The van der Waals surface area contributed by atoms with Gasteiger partial charge >= 0.3 is 7.82 Å². The van der Waals surface area contributed by atoms with Crippen LogP contribution in [0, 0.1) is 10.8 Å². The number of nitrogens with zero attached hydrogens (tertiary/aromatic N) is 2. The van der Waals surface area contributed by atoms with Crippen molar-refractivity contribution in [3.8, 4) is 11.5 Å². The lowest BCUT2D eigenvalue weighted by Crippen LogP contribution is -1.97. The molecule has 0 radical (unpaired) electrons. The van der Waals surface area contributed by atoms with Gasteiger partial charge in [0.05, 0.1) is 7.11 Å². The quantitative estimate of drug-likeness (QED) is 0.591. The second-order valence-electron chi connectivity index (χ2n) is 2.58. The molecular formula is C9H13N2O5P. The Morgan fingerprint density at radius 3 is 1.71 bits per heavy atom. The maximum absolute atomic E-state index is 11.6. The number of rotatable bonds is 5. The van der Waals surface area contributed by atoms with Crippen molar-refractivity contribution in [3.63, 3.8) is 0 Å². The average molecular weight is 260 g/mol. The van der Waals surface area contributed by atoms with Gasteiger partial charge in [0.15, 0.2) is 0 Å². The highest BCUT2D eigenvalue weighted by molar-refractivity contribution is 7.48. The largest absolute Gasteiger partial charge is 0.529 e. The van der Waals surface area contributed by atoms with Gasteiger partial charge in [-0.15, -0.1) is 0 Å². The molecule has 94 valence electrons. The molecule has 0 aliphatic rings. The first-order valence-corrected chi connectivity index (χ1v) is 5.85. The maximum atomic E-state index is 11.6. The molecule has 1 aromatic carbocycles. The molecule has 0 heterocycles. The molecule has 0 fully saturated rings. The molecule has 0 amide bonds. The number of methoxy groups -OCH3 is 1. The van der Waals surface area contributed by atoms with E-state index in [0.717, 1.165) is 0 Å². The van der Waals surface area contributed by atoms with Crippen molar-refractivity contribution in [1.29, 1.82) is 10.8 Å². The van der Waals surface area contributed by atoms with Crippen LogP contribution in [-0.4, -0.2) is 21.3 Å². The van der Waals surface area contributed by atoms with Gasteiger partial charge in [0, 0.05) is 25.0 Å². The van der Waals surface area contributed by atoms with Gasteiger partial charge < -0.3 is 9.26 Å². The number of hydrogen-bond donors (Lipinski definition) is 0. The van der Waals surface area contributed by atoms with E-state index in [0.29, 0.717) is 11.5 Å². The van der Waals surface area contributed by atoms with Crippen molar-refractivity contribution in [2.45, 2.75) is 0 Å². The van der Waals surface area contributed by atoms with E-state index in [4.69, 9.17) is 20.0 Å². The Hall–Kier alpha value is -1.61. The molecule has 0 aromatic heterocycles. The topological polar surface area (TPSA) is 102 Å². The summed E-state index contributed by atoms with van der Waals surface area (Å²) < 4.78 is 30.9. The lowest BCUT2D eigenvalue weighted by atomic mass is 10.3. The fourth-order valence-electron chi connectivity index (χ4n) is 0.915. The summed E-state index contributed by atoms with van der Waals surface area (Å²) in [6.45, 7) is 0. The Bertz CT molecular complexity index is 384. The van der Waals surface area contributed by atoms with Crippen molar-refractivity contribution in [2.75, 3.05) is 21.3 Å². The van der Waals surface area contributed by atoms with E-state index < -0.39 is 7.82 Å². The highest BCUT2D eigenvalue weighted by Crippen LogP contribution is 2.47. The van der Waals surface area contributed by atoms with E-state index >= 15 is 0 Å². The second-order valence-corrected chi connectivity index (χ2v) is 4.39. The first kappa shape index (κ1) is 15.4. The van der Waals surface area contributed by atoms with E-state index in [1.807, 2.05) is 0 Å². The first-order chi connectivity index (χ1) is 8.13. The molecule has 0 aliphatic heterocycles. The molecule has 0 aliphatic carbocycles. The van der Waals surface area contributed by atoms with Crippen molar-refractivity contribution < 1.29 is 22.9 Å². The zero-order valence-corrected chi connectivity index (χ0v) is 10.6. The van der Waals surface area contributed by atoms with Gasteiger partial charge in [-0.2, -0.15) is 0 Å². The standard InChI is InChI=1S/C9H13O5P.N2/c1-11-8-4-6-9(7-5-8)14-15(10,12-2)13-3;1-2/h4-7H,1-3H3;. The molecule has 1 rings (SSSR count). The summed E-state index contributed by atoms with van der Waals surface area (Å²) in [5.74, 6) is 1.08. The third-order valence-electron chi connectivity index (χ3n) is 1.72. The molecule has 0 N–H and O–H groups in total. The molecule has 0 bridgehead atoms. The summed E-state index contributed by atoms with van der Waals surface area (Å²) in [6, 6.07) is 6.60. The second kappa shape index (κ2) is 7.63. The number of benzene rings is 1. The van der Waals surface area contributed by atoms with Crippen molar-refractivity contribution in [3.05, 3.63) is 24.3 Å². The number of phosphoric acid groups is 1. The van der Waals surface area contributed by atoms with Crippen molar-refractivity contribution in [1.82, 2.24) is 0 Å². The van der Waals surface area contributed by atoms with E-state index in [1.165, 1.54) is 14.2 Å². The lowest BCUT2D eigenvalue weighted by molar-refractivity contribution is 0.211. The predicted molar refractivity (Wildman–Crippen MR) is 58.7 cm³/mol. The summed E-state index contributed by atoms with van der Waals surface area (Å²) in [5, 5.41) is 12.0. The van der Waals surface area contributed by atoms with Crippen LogP contribution in [0.2, 0.25) is 0 Å². The smallest absolute Gasteiger partial charge is 0.497 e. The minimum Gasteiger partial charge on any atom is -0.497 e. The van der Waals surface area contributed by atoms with Crippen LogP contribution in [0.25, 0.3) is 0 Å². The Kier molecular flexibility index (Phi) is 6.91. The van der Waals surface area contributed by atoms with Crippen LogP contribution in [-0.2, 0) is 13.6 Å². The molecule has 17 heavy (non-hydrogen) atoms. The van der Waals surface area contributed by atoms with Crippen LogP contribution < -0.4 is 9.26 Å². The molecule has 0 saturated heterocycles. The summed E-state index contributed by atoms with van der Waals surface area (Å²) in [5.41, 5.74) is 0. The number of hydrogen-bond acceptors (Lipinski definition) is 7. The molecule has 8 heteroatoms. The van der Waals surface area contributed by atoms with Crippen molar-refractivity contribution >= 4 is 7.82 Å². The van der Waals surface area contributed by atoms with Gasteiger partial charge in [-0.05, 0) is 24.3 Å². The van der Waals surface area contributed by atoms with Crippen LogP contribution in [0.15, 0.2) is 24.3 Å². The molecule has 7 nitrogen and oxygen atoms in total. The minimum atomic E-state index is -3.47. The maximum Gasteiger partial charge on any atom is 0.529 e. The summed E-state index contributed by atoms with van der Waals surface area (Å²) in [7, 11) is 0.609. The zero-order valence-electron chi connectivity index (χ0n) is 9.69. The highest BCUT2D eigenvalue weighted by Gasteiger charge is 2.24. The Balaban J connectivity index is 0.00000121. The molecule has 1 aromatic rings. The van der Waals surface area contributed by atoms with E-state index in [-0.39, 0.29) is 0 Å². The summed E-state index contributed by atoms with van der Waals surface area (Å²) in [6.07, 6.45) is 0. The van der Waals surface area contributed by atoms with Gasteiger partial charge in [-0.1, -0.05) is 0 Å². The van der Waals surface area contributed by atoms with Gasteiger partial charge in [0.1, 0.15) is 11.5 Å². The van der Waals surface area contributed by atoms with Crippen LogP contribution in [0.3, 0.4) is 0 Å². The van der Waals surface area contributed by atoms with E-state index in [9.17, 15) is 4.57 Å². The average Bonchev–Trinajstić information content (AvgIpc) is 2.42. The highest BCUT2D eigenvalue weighted by atomic mass is 31.2. The number of phosphoric ester groups is 1. The fourth-order valence-corrected chi connectivity index (χ4v) is 1.59. The van der Waals surface area contributed by atoms with Crippen molar-refractivity contribution in [2.24, 2.45) is 0 Å². The zero-order chi connectivity index (χ0) is 13.3. The monoisotopic (exact) mass is 260 g/mol. The molecule has 0 spiro atoms. The third kappa shape index (κ3) is 4.83. The Morgan fingerprint density at radius 1 is 0.941 bits per heavy atom. The molecule has 0 atom stereocenters. The van der Waals surface area contributed by atoms with E-state index in [1.54, 1.807) is 31.4 Å². The fraction of sp³-hybridized carbons (Fsp3) is 0.333. The predicted octanol–water partition coefficient (Wildman–Crippen LogP) is 2.51. The minimum absolute atomic E-state index is 0.392. The normalized spacial score (nSPS) is 9.94. The van der Waals surface area contributed by atoms with E-state index in [2.05, 4.69) is 9.05 Å². The molecule has 0 saturated carbocycles.